The number of nitrogens with zero attached hydrogens (tertiary/aromatic N) is 3. The summed E-state index contributed by atoms with van der Waals surface area (Å²) in [6.07, 6.45) is -4.67. The number of halogens is 4. The molecule has 0 aliphatic carbocycles. The predicted octanol–water partition coefficient (Wildman–Crippen LogP) is 9.46. The molecule has 4 amide bonds. The highest BCUT2D eigenvalue weighted by Gasteiger charge is 2.44. The van der Waals surface area contributed by atoms with Crippen LogP contribution in [0.2, 0.25) is 5.02 Å². The van der Waals surface area contributed by atoms with Crippen LogP contribution < -0.4 is 20.7 Å². The fourth-order valence-corrected chi connectivity index (χ4v) is 11.5. The number of hydrogen-bond donors (Lipinski definition) is 4. The first-order chi connectivity index (χ1) is 44.3. The number of alkyl halides is 3. The number of likely N-dealkylation sites (tertiary alicyclic amines) is 1. The molecule has 4 N–H and O–H groups in total. The van der Waals surface area contributed by atoms with E-state index in [4.69, 9.17) is 44.8 Å². The molecule has 1 aliphatic heterocycles. The highest BCUT2D eigenvalue weighted by molar-refractivity contribution is 7.13. The number of aromatic nitrogens is 1. The minimum absolute atomic E-state index is 0.0325. The first kappa shape index (κ1) is 72.6. The third-order valence-electron chi connectivity index (χ3n) is 15.1. The van der Waals surface area contributed by atoms with Crippen molar-refractivity contribution in [3.05, 3.63) is 177 Å². The summed E-state index contributed by atoms with van der Waals surface area (Å²) in [7, 11) is 0. The number of amides is 4. The summed E-state index contributed by atoms with van der Waals surface area (Å²) < 4.78 is 81.1. The molecule has 0 radical (unpaired) electrons. The van der Waals surface area contributed by atoms with E-state index < -0.39 is 47.2 Å². The Labute approximate surface area is 546 Å². The van der Waals surface area contributed by atoms with E-state index in [0.717, 1.165) is 44.5 Å². The second-order valence-electron chi connectivity index (χ2n) is 23.3. The van der Waals surface area contributed by atoms with E-state index in [9.17, 15) is 37.5 Å². The molecule has 6 aromatic rings. The van der Waals surface area contributed by atoms with Gasteiger partial charge in [-0.3, -0.25) is 24.1 Å². The number of nitrogens with one attached hydrogen (secondary N) is 3. The molecule has 3 atom stereocenters. The number of carbonyl (C=O) groups excluding carboxylic acids is 4. The summed E-state index contributed by atoms with van der Waals surface area (Å²) in [6.45, 7) is 12.6. The van der Waals surface area contributed by atoms with Crippen LogP contribution in [0.25, 0.3) is 10.4 Å². The number of carbonyl (C=O) groups is 4. The number of β-amino-alcohol motifs (C(OH)–C–C–N with tert-alkyl or cyclic N) is 1. The normalized spacial score (nSPS) is 14.6. The minimum atomic E-state index is -4.58. The van der Waals surface area contributed by atoms with Gasteiger partial charge < -0.3 is 59.1 Å². The van der Waals surface area contributed by atoms with Crippen molar-refractivity contribution in [3.63, 3.8) is 0 Å². The van der Waals surface area contributed by atoms with Gasteiger partial charge in [-0.25, -0.2) is 4.98 Å². The second kappa shape index (κ2) is 37.8. The lowest BCUT2D eigenvalue weighted by Gasteiger charge is -2.35. The molecule has 2 heterocycles. The summed E-state index contributed by atoms with van der Waals surface area (Å²) in [5, 5.41) is 18.8. The molecular formula is C69H86ClF3N6O12S. The van der Waals surface area contributed by atoms with Crippen LogP contribution in [0.5, 0.6) is 5.75 Å². The van der Waals surface area contributed by atoms with Gasteiger partial charge in [0.1, 0.15) is 24.4 Å². The lowest BCUT2D eigenvalue weighted by molar-refractivity contribution is -0.144. The molecular weight excluding hydrogens is 1230 g/mol. The van der Waals surface area contributed by atoms with Crippen molar-refractivity contribution in [2.45, 2.75) is 90.3 Å². The van der Waals surface area contributed by atoms with Crippen molar-refractivity contribution >= 4 is 46.6 Å². The maximum Gasteiger partial charge on any atom is 0.417 e. The standard InChI is InChI=1S/C69H86ClF3N6O12S/c1-49-64(92-48-76-49)54-24-22-50(23-25-54)43-75-66(83)60-42-56(80)45-79(60)67(84)65(68(2,3)4)77-62(82)47-90-39-38-89-37-36-88-35-34-87-33-32-86-31-30-85-29-26-74-61(81)41-51-14-11-20-57(40-51)91-28-13-27-78(44-55-19-12-21-59(63(55)70)69(71,72)73)46-58(52-15-7-5-8-16-52)53-17-9-6-10-18-53/h5-12,14-25,40,48,56,58,60,65,80H,13,26-39,41-47H2,1-4H3,(H,74,81)(H,75,83)(H,77,82). The van der Waals surface area contributed by atoms with Crippen molar-refractivity contribution in [2.75, 3.05) is 112 Å². The van der Waals surface area contributed by atoms with Crippen LogP contribution in [-0.2, 0) is 73.3 Å². The average molecular weight is 1320 g/mol. The van der Waals surface area contributed by atoms with Crippen molar-refractivity contribution in [1.82, 2.24) is 30.7 Å². The van der Waals surface area contributed by atoms with E-state index in [1.165, 1.54) is 11.0 Å². The van der Waals surface area contributed by atoms with E-state index in [2.05, 4.69) is 50.1 Å². The molecule has 1 saturated heterocycles. The number of thiazole rings is 1. The molecule has 1 aliphatic rings. The first-order valence-electron chi connectivity index (χ1n) is 31.0. The Morgan fingerprint density at radius 3 is 1.90 bits per heavy atom. The Morgan fingerprint density at radius 2 is 1.32 bits per heavy atom. The molecule has 92 heavy (non-hydrogen) atoms. The SMILES string of the molecule is Cc1ncsc1-c1ccc(CNC(=O)C2CC(O)CN2C(=O)C(NC(=O)COCCOCCOCCOCCOCCOCCNC(=O)Cc2cccc(OCCCN(Cc3cccc(C(F)(F)F)c3Cl)CC(c3ccccc3)c3ccccc3)c2)C(C)(C)C)cc1. The molecule has 7 rings (SSSR count). The number of aliphatic hydroxyl groups is 1. The molecule has 5 aromatic carbocycles. The number of rotatable bonds is 39. The van der Waals surface area contributed by atoms with E-state index in [0.29, 0.717) is 103 Å². The van der Waals surface area contributed by atoms with E-state index in [-0.39, 0.29) is 75.1 Å². The lowest BCUT2D eigenvalue weighted by Crippen LogP contribution is -2.58. The molecule has 0 spiro atoms. The molecule has 0 saturated carbocycles. The van der Waals surface area contributed by atoms with E-state index in [1.54, 1.807) is 22.9 Å². The van der Waals surface area contributed by atoms with Gasteiger partial charge in [0, 0.05) is 51.6 Å². The fraction of sp³-hybridized carbons (Fsp3) is 0.464. The Balaban J connectivity index is 0.677. The monoisotopic (exact) mass is 1310 g/mol. The van der Waals surface area contributed by atoms with Gasteiger partial charge in [0.2, 0.25) is 23.6 Å². The van der Waals surface area contributed by atoms with Crippen molar-refractivity contribution < 1.29 is 70.6 Å². The zero-order valence-electron chi connectivity index (χ0n) is 52.8. The van der Waals surface area contributed by atoms with Gasteiger partial charge >= 0.3 is 6.18 Å². The fourth-order valence-electron chi connectivity index (χ4n) is 10.4. The predicted molar refractivity (Wildman–Crippen MR) is 346 cm³/mol. The van der Waals surface area contributed by atoms with Gasteiger partial charge in [-0.15, -0.1) is 11.3 Å². The Morgan fingerprint density at radius 1 is 0.717 bits per heavy atom. The zero-order chi connectivity index (χ0) is 65.7. The van der Waals surface area contributed by atoms with Crippen LogP contribution >= 0.6 is 22.9 Å². The average Bonchev–Trinajstić information content (AvgIpc) is 1.50. The maximum atomic E-state index is 14.0. The molecule has 498 valence electrons. The highest BCUT2D eigenvalue weighted by atomic mass is 35.5. The first-order valence-corrected chi connectivity index (χ1v) is 32.3. The van der Waals surface area contributed by atoms with Crippen LogP contribution in [-0.4, -0.2) is 174 Å². The largest absolute Gasteiger partial charge is 0.494 e. The van der Waals surface area contributed by atoms with Gasteiger partial charge in [0.05, 0.1) is 118 Å². The van der Waals surface area contributed by atoms with Crippen molar-refractivity contribution in [1.29, 1.82) is 0 Å². The van der Waals surface area contributed by atoms with Gasteiger partial charge in [-0.2, -0.15) is 13.2 Å². The van der Waals surface area contributed by atoms with Crippen molar-refractivity contribution in [2.24, 2.45) is 5.41 Å². The maximum absolute atomic E-state index is 14.0. The lowest BCUT2D eigenvalue weighted by atomic mass is 9.85. The summed E-state index contributed by atoms with van der Waals surface area (Å²) in [4.78, 5) is 62.1. The number of hydrogen-bond acceptors (Lipinski definition) is 15. The van der Waals surface area contributed by atoms with Crippen LogP contribution in [0.15, 0.2) is 133 Å². The Hall–Kier alpha value is -6.83. The number of aryl methyl sites for hydroxylation is 1. The van der Waals surface area contributed by atoms with Crippen molar-refractivity contribution in [3.8, 4) is 16.2 Å². The topological polar surface area (TPSA) is 209 Å². The van der Waals surface area contributed by atoms with Crippen LogP contribution in [0, 0.1) is 12.3 Å². The van der Waals surface area contributed by atoms with Crippen LogP contribution in [0.4, 0.5) is 13.2 Å². The Bertz CT molecular complexity index is 3160. The summed E-state index contributed by atoms with van der Waals surface area (Å²) in [6, 6.07) is 37.4. The highest BCUT2D eigenvalue weighted by Crippen LogP contribution is 2.37. The number of benzene rings is 5. The third kappa shape index (κ3) is 24.3. The summed E-state index contributed by atoms with van der Waals surface area (Å²) in [5.74, 6) is -0.971. The molecule has 1 fully saturated rings. The van der Waals surface area contributed by atoms with Gasteiger partial charge in [-0.05, 0) is 70.3 Å². The minimum Gasteiger partial charge on any atom is -0.494 e. The summed E-state index contributed by atoms with van der Waals surface area (Å²) >= 11 is 7.97. The van der Waals surface area contributed by atoms with E-state index >= 15 is 0 Å². The molecule has 0 bridgehead atoms. The Kier molecular flexibility index (Phi) is 29.8. The smallest absolute Gasteiger partial charge is 0.417 e. The van der Waals surface area contributed by atoms with E-state index in [1.807, 2.05) is 113 Å². The van der Waals surface area contributed by atoms with Crippen LogP contribution in [0.3, 0.4) is 0 Å². The number of aliphatic hydroxyl groups excluding tert-OH is 1. The zero-order valence-corrected chi connectivity index (χ0v) is 54.3. The van der Waals surface area contributed by atoms with Crippen LogP contribution in [0.1, 0.15) is 78.6 Å². The molecule has 23 heteroatoms. The quantitative estimate of drug-likeness (QED) is 0.0265. The third-order valence-corrected chi connectivity index (χ3v) is 16.6. The number of ether oxygens (including phenoxy) is 7. The molecule has 1 aromatic heterocycles. The molecule has 3 unspecified atom stereocenters. The second-order valence-corrected chi connectivity index (χ2v) is 24.6. The van der Waals surface area contributed by atoms with Gasteiger partial charge in [0.15, 0.2) is 0 Å². The summed E-state index contributed by atoms with van der Waals surface area (Å²) in [5.41, 5.74) is 6.44. The molecule has 18 nitrogen and oxygen atoms in total. The van der Waals surface area contributed by atoms with Gasteiger partial charge in [-0.1, -0.05) is 142 Å². The van der Waals surface area contributed by atoms with Gasteiger partial charge in [0.25, 0.3) is 0 Å².